The molecule has 3 N–H and O–H groups in total. The molecule has 0 heterocycles. The van der Waals surface area contributed by atoms with Gasteiger partial charge in [0.25, 0.3) is 0 Å². The van der Waals surface area contributed by atoms with Gasteiger partial charge in [-0.05, 0) is 19.8 Å². The molecular formula is C13H25N3O3. The summed E-state index contributed by atoms with van der Waals surface area (Å²) in [6.45, 7) is 3.58. The van der Waals surface area contributed by atoms with Crippen LogP contribution in [0.1, 0.15) is 39.0 Å². The molecule has 0 spiro atoms. The second-order valence-electron chi connectivity index (χ2n) is 5.05. The number of hydrogen-bond donors (Lipinski definition) is 2. The Labute approximate surface area is 114 Å². The standard InChI is InChI=1S/C13H25N3O3/c1-3-19-10-9-16(2)12(17)13(11(14)15-18)7-5-4-6-8-13/h18H,3-10H2,1-2H3,(H2,14,15). The summed E-state index contributed by atoms with van der Waals surface area (Å²) < 4.78 is 5.26. The largest absolute Gasteiger partial charge is 0.409 e. The van der Waals surface area contributed by atoms with E-state index in [1.54, 1.807) is 11.9 Å². The molecule has 1 fully saturated rings. The maximum atomic E-state index is 12.6. The number of carbonyl (C=O) groups is 1. The first-order chi connectivity index (χ1) is 9.08. The highest BCUT2D eigenvalue weighted by molar-refractivity contribution is 6.06. The van der Waals surface area contributed by atoms with E-state index in [9.17, 15) is 4.79 Å². The monoisotopic (exact) mass is 271 g/mol. The average Bonchev–Trinajstić information content (AvgIpc) is 2.46. The summed E-state index contributed by atoms with van der Waals surface area (Å²) in [5, 5.41) is 12.1. The average molecular weight is 271 g/mol. The van der Waals surface area contributed by atoms with E-state index in [-0.39, 0.29) is 11.7 Å². The normalized spacial score (nSPS) is 19.2. The van der Waals surface area contributed by atoms with Gasteiger partial charge in [0, 0.05) is 20.2 Å². The van der Waals surface area contributed by atoms with Crippen LogP contribution in [0.15, 0.2) is 5.16 Å². The zero-order valence-electron chi connectivity index (χ0n) is 11.9. The minimum Gasteiger partial charge on any atom is -0.409 e. The summed E-state index contributed by atoms with van der Waals surface area (Å²) >= 11 is 0. The first kappa shape index (κ1) is 15.8. The van der Waals surface area contributed by atoms with Gasteiger partial charge >= 0.3 is 0 Å². The summed E-state index contributed by atoms with van der Waals surface area (Å²) in [6, 6.07) is 0. The third-order valence-corrected chi connectivity index (χ3v) is 3.84. The van der Waals surface area contributed by atoms with Crippen molar-refractivity contribution < 1.29 is 14.7 Å². The van der Waals surface area contributed by atoms with Crippen molar-refractivity contribution in [3.05, 3.63) is 0 Å². The fourth-order valence-corrected chi connectivity index (χ4v) is 2.64. The number of amidine groups is 1. The van der Waals surface area contributed by atoms with Crippen LogP contribution in [0.2, 0.25) is 0 Å². The molecule has 0 saturated heterocycles. The van der Waals surface area contributed by atoms with Crippen molar-refractivity contribution in [3.8, 4) is 0 Å². The first-order valence-corrected chi connectivity index (χ1v) is 6.90. The van der Waals surface area contributed by atoms with Gasteiger partial charge in [0.15, 0.2) is 5.84 Å². The van der Waals surface area contributed by atoms with E-state index in [0.29, 0.717) is 32.6 Å². The number of amides is 1. The van der Waals surface area contributed by atoms with Crippen LogP contribution in [0.5, 0.6) is 0 Å². The van der Waals surface area contributed by atoms with Crippen LogP contribution < -0.4 is 5.73 Å². The second-order valence-corrected chi connectivity index (χ2v) is 5.05. The van der Waals surface area contributed by atoms with Gasteiger partial charge in [0.2, 0.25) is 5.91 Å². The molecule has 6 nitrogen and oxygen atoms in total. The lowest BCUT2D eigenvalue weighted by Gasteiger charge is -2.37. The lowest BCUT2D eigenvalue weighted by Crippen LogP contribution is -2.52. The summed E-state index contributed by atoms with van der Waals surface area (Å²) in [5.74, 6) is -0.0253. The van der Waals surface area contributed by atoms with E-state index in [1.165, 1.54) is 0 Å². The Kier molecular flexibility index (Phi) is 6.08. The van der Waals surface area contributed by atoms with E-state index in [4.69, 9.17) is 15.7 Å². The molecule has 1 amide bonds. The number of nitrogens with zero attached hydrogens (tertiary/aromatic N) is 2. The Morgan fingerprint density at radius 3 is 2.58 bits per heavy atom. The second kappa shape index (κ2) is 7.33. The molecule has 0 bridgehead atoms. The van der Waals surface area contributed by atoms with Gasteiger partial charge in [-0.1, -0.05) is 24.4 Å². The highest BCUT2D eigenvalue weighted by Crippen LogP contribution is 2.38. The number of ether oxygens (including phenoxy) is 1. The van der Waals surface area contributed by atoms with Crippen molar-refractivity contribution in [2.24, 2.45) is 16.3 Å². The molecule has 0 aromatic heterocycles. The maximum absolute atomic E-state index is 12.6. The van der Waals surface area contributed by atoms with Crippen LogP contribution in [0.4, 0.5) is 0 Å². The smallest absolute Gasteiger partial charge is 0.236 e. The molecule has 110 valence electrons. The Bertz CT molecular complexity index is 325. The fraction of sp³-hybridized carbons (Fsp3) is 0.846. The van der Waals surface area contributed by atoms with E-state index in [1.807, 2.05) is 6.92 Å². The topological polar surface area (TPSA) is 88.2 Å². The molecule has 1 rings (SSSR count). The predicted molar refractivity (Wildman–Crippen MR) is 73.1 cm³/mol. The number of likely N-dealkylation sites (N-methyl/N-ethyl adjacent to an activating group) is 1. The maximum Gasteiger partial charge on any atom is 0.236 e. The highest BCUT2D eigenvalue weighted by Gasteiger charge is 2.45. The molecular weight excluding hydrogens is 246 g/mol. The zero-order valence-corrected chi connectivity index (χ0v) is 11.9. The van der Waals surface area contributed by atoms with Crippen LogP contribution in [-0.2, 0) is 9.53 Å². The molecule has 0 aromatic rings. The van der Waals surface area contributed by atoms with E-state index in [0.717, 1.165) is 19.3 Å². The Morgan fingerprint density at radius 2 is 2.05 bits per heavy atom. The molecule has 1 aliphatic rings. The van der Waals surface area contributed by atoms with E-state index < -0.39 is 5.41 Å². The molecule has 1 aliphatic carbocycles. The van der Waals surface area contributed by atoms with Crippen molar-refractivity contribution in [1.82, 2.24) is 4.90 Å². The van der Waals surface area contributed by atoms with Crippen molar-refractivity contribution in [3.63, 3.8) is 0 Å². The van der Waals surface area contributed by atoms with Gasteiger partial charge < -0.3 is 20.6 Å². The van der Waals surface area contributed by atoms with Gasteiger partial charge in [-0.25, -0.2) is 0 Å². The summed E-state index contributed by atoms with van der Waals surface area (Å²) in [5.41, 5.74) is 4.97. The minimum absolute atomic E-state index is 0.0421. The van der Waals surface area contributed by atoms with E-state index >= 15 is 0 Å². The summed E-state index contributed by atoms with van der Waals surface area (Å²) in [7, 11) is 1.74. The number of oxime groups is 1. The van der Waals surface area contributed by atoms with Gasteiger partial charge in [0.1, 0.15) is 5.41 Å². The molecule has 6 heteroatoms. The van der Waals surface area contributed by atoms with E-state index in [2.05, 4.69) is 5.16 Å². The third-order valence-electron chi connectivity index (χ3n) is 3.84. The molecule has 0 aliphatic heterocycles. The molecule has 1 saturated carbocycles. The van der Waals surface area contributed by atoms with Crippen molar-refractivity contribution in [2.45, 2.75) is 39.0 Å². The third kappa shape index (κ3) is 3.59. The molecule has 0 unspecified atom stereocenters. The minimum atomic E-state index is -0.825. The predicted octanol–water partition coefficient (Wildman–Crippen LogP) is 1.18. The first-order valence-electron chi connectivity index (χ1n) is 6.90. The van der Waals surface area contributed by atoms with Gasteiger partial charge in [-0.15, -0.1) is 0 Å². The van der Waals surface area contributed by atoms with Crippen LogP contribution in [-0.4, -0.2) is 48.7 Å². The quantitative estimate of drug-likeness (QED) is 0.250. The Morgan fingerprint density at radius 1 is 1.42 bits per heavy atom. The zero-order chi connectivity index (χ0) is 14.3. The Hall–Kier alpha value is -1.30. The SMILES string of the molecule is CCOCCN(C)C(=O)C1(C(N)=NO)CCCCC1. The molecule has 19 heavy (non-hydrogen) atoms. The van der Waals surface area contributed by atoms with Crippen LogP contribution in [0, 0.1) is 5.41 Å². The highest BCUT2D eigenvalue weighted by atomic mass is 16.5. The van der Waals surface area contributed by atoms with Crippen molar-refractivity contribution >= 4 is 11.7 Å². The molecule has 0 aromatic carbocycles. The number of carbonyl (C=O) groups excluding carboxylic acids is 1. The lowest BCUT2D eigenvalue weighted by atomic mass is 9.72. The van der Waals surface area contributed by atoms with Crippen LogP contribution in [0.25, 0.3) is 0 Å². The van der Waals surface area contributed by atoms with Gasteiger partial charge in [0.05, 0.1) is 6.61 Å². The summed E-state index contributed by atoms with van der Waals surface area (Å²) in [4.78, 5) is 14.2. The van der Waals surface area contributed by atoms with Gasteiger partial charge in [-0.2, -0.15) is 0 Å². The number of hydrogen-bond acceptors (Lipinski definition) is 4. The van der Waals surface area contributed by atoms with Crippen molar-refractivity contribution in [2.75, 3.05) is 26.8 Å². The van der Waals surface area contributed by atoms with Gasteiger partial charge in [-0.3, -0.25) is 4.79 Å². The van der Waals surface area contributed by atoms with Crippen LogP contribution in [0.3, 0.4) is 0 Å². The van der Waals surface area contributed by atoms with Crippen molar-refractivity contribution in [1.29, 1.82) is 0 Å². The molecule has 0 radical (unpaired) electrons. The Balaban J connectivity index is 2.77. The fourth-order valence-electron chi connectivity index (χ4n) is 2.64. The summed E-state index contributed by atoms with van der Waals surface area (Å²) in [6.07, 6.45) is 4.26. The lowest BCUT2D eigenvalue weighted by molar-refractivity contribution is -0.139. The molecule has 0 atom stereocenters. The number of nitrogens with two attached hydrogens (primary N) is 1. The number of rotatable bonds is 6. The van der Waals surface area contributed by atoms with Crippen LogP contribution >= 0.6 is 0 Å².